The molecule has 1 heterocycles. The summed E-state index contributed by atoms with van der Waals surface area (Å²) in [5.74, 6) is 0. The molecular formula is C49H32O. The molecule has 10 rings (SSSR count). The van der Waals surface area contributed by atoms with E-state index in [9.17, 15) is 5.48 Å². The van der Waals surface area contributed by atoms with Gasteiger partial charge in [-0.2, -0.15) is 0 Å². The average Bonchev–Trinajstić information content (AvgIpc) is 3.69. The Labute approximate surface area is 308 Å². The van der Waals surface area contributed by atoms with E-state index in [0.29, 0.717) is 16.5 Å². The fourth-order valence-electron chi connectivity index (χ4n) is 7.27. The zero-order valence-electron chi connectivity index (χ0n) is 39.4. The van der Waals surface area contributed by atoms with Crippen molar-refractivity contribution in [1.82, 2.24) is 0 Å². The molecule has 0 bridgehead atoms. The molecule has 50 heavy (non-hydrogen) atoms. The maximum absolute atomic E-state index is 9.40. The zero-order valence-corrected chi connectivity index (χ0v) is 26.4. The van der Waals surface area contributed by atoms with Crippen molar-refractivity contribution in [3.05, 3.63) is 193 Å². The van der Waals surface area contributed by atoms with Crippen LogP contribution in [-0.4, -0.2) is 0 Å². The van der Waals surface area contributed by atoms with Crippen LogP contribution in [0.3, 0.4) is 0 Å². The molecule has 234 valence electrons. The van der Waals surface area contributed by atoms with Crippen molar-refractivity contribution in [3.8, 4) is 33.4 Å². The molecule has 1 nitrogen and oxygen atoms in total. The third-order valence-corrected chi connectivity index (χ3v) is 9.47. The Kier molecular flexibility index (Phi) is 4.26. The van der Waals surface area contributed by atoms with Gasteiger partial charge in [0.2, 0.25) is 0 Å². The van der Waals surface area contributed by atoms with Gasteiger partial charge in [0, 0.05) is 16.3 Å². The highest BCUT2D eigenvalue weighted by Gasteiger charge is 2.19. The fourth-order valence-corrected chi connectivity index (χ4v) is 7.27. The first-order valence-electron chi connectivity index (χ1n) is 22.7. The molecule has 0 spiro atoms. The van der Waals surface area contributed by atoms with Gasteiger partial charge in [-0.25, -0.2) is 0 Å². The number of fused-ring (bicyclic) bond motifs is 6. The van der Waals surface area contributed by atoms with E-state index in [1.165, 1.54) is 0 Å². The third kappa shape index (κ3) is 4.55. The molecule has 0 unspecified atom stereocenters. The van der Waals surface area contributed by atoms with E-state index in [2.05, 4.69) is 6.07 Å². The van der Waals surface area contributed by atoms with Crippen molar-refractivity contribution in [3.63, 3.8) is 0 Å². The second-order valence-corrected chi connectivity index (χ2v) is 12.2. The van der Waals surface area contributed by atoms with Crippen LogP contribution in [0.5, 0.6) is 0 Å². The topological polar surface area (TPSA) is 13.1 Å². The van der Waals surface area contributed by atoms with Crippen molar-refractivity contribution in [2.75, 3.05) is 0 Å². The smallest absolute Gasteiger partial charge is 0.143 e. The lowest BCUT2D eigenvalue weighted by molar-refractivity contribution is 0.670. The van der Waals surface area contributed by atoms with Gasteiger partial charge in [0.1, 0.15) is 11.2 Å². The molecule has 10 aromatic rings. The molecule has 0 saturated heterocycles. The molecule has 0 fully saturated rings. The molecule has 0 amide bonds. The van der Waals surface area contributed by atoms with Gasteiger partial charge in [-0.05, 0) is 89.8 Å². The van der Waals surface area contributed by atoms with Crippen LogP contribution >= 0.6 is 0 Å². The monoisotopic (exact) mass is 649 g/mol. The second kappa shape index (κ2) is 11.6. The van der Waals surface area contributed by atoms with Gasteiger partial charge < -0.3 is 4.42 Å². The highest BCUT2D eigenvalue weighted by molar-refractivity contribution is 6.20. The SMILES string of the molecule is [2H]c1c([2H])c([2H])c(Cc2c3c([2H])c([2H])c([2H])c([2H])c3c(-c3ccc(-c4ccc5oc6c(-c7ccccc7)cccc6c5c4)c4ccccc34)c3c([2H])c([2H])c([2H])c([2H])c23)c([2H])c1[2H]. The van der Waals surface area contributed by atoms with E-state index in [4.69, 9.17) is 16.8 Å². The fraction of sp³-hybridized carbons (Fsp3) is 0.0204. The Hall–Kier alpha value is -6.44. The minimum absolute atomic E-state index is 0.0155. The van der Waals surface area contributed by atoms with E-state index in [0.717, 1.165) is 44.0 Å². The Morgan fingerprint density at radius 1 is 0.420 bits per heavy atom. The summed E-state index contributed by atoms with van der Waals surface area (Å²) in [6, 6.07) is 26.1. The Morgan fingerprint density at radius 3 is 1.78 bits per heavy atom. The highest BCUT2D eigenvalue weighted by atomic mass is 16.3. The summed E-state index contributed by atoms with van der Waals surface area (Å²) in [5, 5.41) is 3.03. The zero-order chi connectivity index (χ0) is 44.3. The van der Waals surface area contributed by atoms with Crippen LogP contribution in [0.1, 0.15) is 28.9 Å². The van der Waals surface area contributed by atoms with Crippen LogP contribution in [-0.2, 0) is 6.42 Å². The standard InChI is InChI=1S/C49H32O/c1-3-14-32(15-4-1)30-45-39-20-9-11-22-41(39)48(42-23-12-10-21-40(42)45)43-28-27-35(37-18-7-8-19-38(37)43)34-26-29-47-46(31-34)44-25-13-24-36(49(44)50-47)33-16-5-2-6-17-33/h1-29,31H,30H2/i1D,3D,4D,9D,10D,11D,12D,14D,15D,20D,21D,22D,23D. The molecule has 0 aliphatic heterocycles. The van der Waals surface area contributed by atoms with Gasteiger partial charge in [0.15, 0.2) is 0 Å². The summed E-state index contributed by atoms with van der Waals surface area (Å²) < 4.78 is 121. The Bertz CT molecular complexity index is 3520. The van der Waals surface area contributed by atoms with Gasteiger partial charge in [-0.15, -0.1) is 0 Å². The van der Waals surface area contributed by atoms with Crippen LogP contribution < -0.4 is 0 Å². The molecule has 1 heteroatoms. The molecular weight excluding hydrogens is 605 g/mol. The van der Waals surface area contributed by atoms with E-state index < -0.39 is 85.0 Å². The van der Waals surface area contributed by atoms with Crippen molar-refractivity contribution >= 4 is 54.3 Å². The first-order valence-corrected chi connectivity index (χ1v) is 16.2. The van der Waals surface area contributed by atoms with E-state index >= 15 is 0 Å². The van der Waals surface area contributed by atoms with Gasteiger partial charge in [0.05, 0.1) is 17.8 Å². The number of rotatable bonds is 5. The molecule has 0 atom stereocenters. The number of hydrogen-bond acceptors (Lipinski definition) is 1. The second-order valence-electron chi connectivity index (χ2n) is 12.2. The quantitative estimate of drug-likeness (QED) is 0.169. The molecule has 0 saturated carbocycles. The molecule has 9 aromatic carbocycles. The van der Waals surface area contributed by atoms with Crippen LogP contribution in [0.2, 0.25) is 0 Å². The number of benzene rings is 9. The third-order valence-electron chi connectivity index (χ3n) is 9.47. The van der Waals surface area contributed by atoms with Gasteiger partial charge >= 0.3 is 0 Å². The number of hydrogen-bond donors (Lipinski definition) is 0. The van der Waals surface area contributed by atoms with Crippen molar-refractivity contribution in [2.45, 2.75) is 6.42 Å². The van der Waals surface area contributed by atoms with Gasteiger partial charge in [0.25, 0.3) is 0 Å². The summed E-state index contributed by atoms with van der Waals surface area (Å²) in [7, 11) is 0. The molecule has 1 aromatic heterocycles. The minimum atomic E-state index is -0.617. The normalized spacial score (nSPS) is 15.3. The maximum Gasteiger partial charge on any atom is 0.143 e. The summed E-state index contributed by atoms with van der Waals surface area (Å²) >= 11 is 0. The first kappa shape index (κ1) is 18.4. The van der Waals surface area contributed by atoms with Crippen molar-refractivity contribution < 1.29 is 22.2 Å². The Morgan fingerprint density at radius 2 is 1.04 bits per heavy atom. The van der Waals surface area contributed by atoms with Crippen LogP contribution in [0.4, 0.5) is 0 Å². The predicted octanol–water partition coefficient (Wildman–Crippen LogP) is 13.6. The largest absolute Gasteiger partial charge is 0.455 e. The lowest BCUT2D eigenvalue weighted by Gasteiger charge is -2.19. The maximum atomic E-state index is 9.40. The molecule has 0 aliphatic carbocycles. The summed E-state index contributed by atoms with van der Waals surface area (Å²) in [6.45, 7) is 0. The number of furan rings is 1. The average molecular weight is 650 g/mol. The minimum Gasteiger partial charge on any atom is -0.455 e. The lowest BCUT2D eigenvalue weighted by atomic mass is 9.84. The predicted molar refractivity (Wildman–Crippen MR) is 212 cm³/mol. The van der Waals surface area contributed by atoms with E-state index in [1.54, 1.807) is 6.07 Å². The molecule has 0 N–H and O–H groups in total. The summed E-state index contributed by atoms with van der Waals surface area (Å²) in [6.07, 6.45) is -0.495. The van der Waals surface area contributed by atoms with Gasteiger partial charge in [-0.1, -0.05) is 170 Å². The van der Waals surface area contributed by atoms with Crippen LogP contribution in [0, 0.1) is 0 Å². The van der Waals surface area contributed by atoms with Crippen LogP contribution in [0.15, 0.2) is 186 Å². The summed E-state index contributed by atoms with van der Waals surface area (Å²) in [4.78, 5) is 0. The molecule has 0 aliphatic rings. The number of para-hydroxylation sites is 1. The van der Waals surface area contributed by atoms with Crippen LogP contribution in [0.25, 0.3) is 87.6 Å². The van der Waals surface area contributed by atoms with Gasteiger partial charge in [-0.3, -0.25) is 0 Å². The van der Waals surface area contributed by atoms with Crippen molar-refractivity contribution in [1.29, 1.82) is 0 Å². The lowest BCUT2D eigenvalue weighted by Crippen LogP contribution is -1.96. The molecule has 0 radical (unpaired) electrons. The highest BCUT2D eigenvalue weighted by Crippen LogP contribution is 2.45. The summed E-state index contributed by atoms with van der Waals surface area (Å²) in [5.41, 5.74) is 5.55. The van der Waals surface area contributed by atoms with E-state index in [1.807, 2.05) is 91.0 Å². The van der Waals surface area contributed by atoms with Crippen molar-refractivity contribution in [2.24, 2.45) is 0 Å². The van der Waals surface area contributed by atoms with E-state index in [-0.39, 0.29) is 38.2 Å². The Balaban J connectivity index is 1.29. The first-order chi connectivity index (χ1) is 30.2.